The number of carboxylic acids is 1. The van der Waals surface area contributed by atoms with Gasteiger partial charge in [-0.2, -0.15) is 9.97 Å². The van der Waals surface area contributed by atoms with Gasteiger partial charge in [0.1, 0.15) is 12.4 Å². The molecule has 18 heteroatoms. The number of carbonyl (C=O) groups excluding carboxylic acids is 1. The molecule has 0 radical (unpaired) electrons. The molecule has 7 rings (SSSR count). The number of unbranched alkanes of at least 4 members (excludes halogenated alkanes) is 12. The minimum atomic E-state index is -0.715. The van der Waals surface area contributed by atoms with Crippen molar-refractivity contribution in [2.75, 3.05) is 44.2 Å². The zero-order valence-electron chi connectivity index (χ0n) is 43.3. The van der Waals surface area contributed by atoms with Gasteiger partial charge in [0.25, 0.3) is 0 Å². The summed E-state index contributed by atoms with van der Waals surface area (Å²) >= 11 is 0. The monoisotopic (exact) mass is 1040 g/mol. The van der Waals surface area contributed by atoms with Crippen molar-refractivity contribution >= 4 is 23.6 Å². The van der Waals surface area contributed by atoms with Crippen LogP contribution in [0.2, 0.25) is 0 Å². The van der Waals surface area contributed by atoms with Crippen LogP contribution in [-0.2, 0) is 57.4 Å². The van der Waals surface area contributed by atoms with Crippen LogP contribution in [0.3, 0.4) is 0 Å². The number of nitrogens with one attached hydrogen (secondary N) is 1. The van der Waals surface area contributed by atoms with Crippen molar-refractivity contribution in [3.05, 3.63) is 153 Å². The van der Waals surface area contributed by atoms with Crippen LogP contribution in [0.4, 0.5) is 11.6 Å². The number of aryl methyl sites for hydroxylation is 3. The summed E-state index contributed by atoms with van der Waals surface area (Å²) in [5.74, 6) is -0.435. The Balaban J connectivity index is 0.000000270. The third-order valence-electron chi connectivity index (χ3n) is 12.4. The van der Waals surface area contributed by atoms with E-state index < -0.39 is 42.4 Å². The first-order valence-electron chi connectivity index (χ1n) is 26.6. The Hall–Kier alpha value is -6.28. The summed E-state index contributed by atoms with van der Waals surface area (Å²) in [5, 5.41) is 17.2. The number of aliphatic carboxylic acids is 1. The van der Waals surface area contributed by atoms with E-state index in [1.54, 1.807) is 12.3 Å². The number of anilines is 2. The van der Waals surface area contributed by atoms with Crippen LogP contribution in [0.1, 0.15) is 138 Å². The van der Waals surface area contributed by atoms with Crippen molar-refractivity contribution in [1.29, 1.82) is 0 Å². The molecule has 2 fully saturated rings. The third kappa shape index (κ3) is 24.7. The van der Waals surface area contributed by atoms with Crippen LogP contribution in [0.25, 0.3) is 0 Å². The van der Waals surface area contributed by atoms with E-state index in [1.165, 1.54) is 70.2 Å². The molecule has 18 nitrogen and oxygen atoms in total. The van der Waals surface area contributed by atoms with Gasteiger partial charge in [0.2, 0.25) is 0 Å². The number of rotatable bonds is 31. The highest BCUT2D eigenvalue weighted by molar-refractivity contribution is 5.69. The molecule has 4 heterocycles. The highest BCUT2D eigenvalue weighted by Crippen LogP contribution is 2.21. The second-order valence-electron chi connectivity index (χ2n) is 18.5. The van der Waals surface area contributed by atoms with E-state index in [4.69, 9.17) is 44.5 Å². The van der Waals surface area contributed by atoms with Gasteiger partial charge in [0.05, 0.1) is 26.4 Å². The van der Waals surface area contributed by atoms with Gasteiger partial charge in [-0.1, -0.05) is 149 Å². The molecule has 75 heavy (non-hydrogen) atoms. The molecule has 0 aliphatic carbocycles. The van der Waals surface area contributed by atoms with Crippen molar-refractivity contribution in [3.8, 4) is 0 Å². The summed E-state index contributed by atoms with van der Waals surface area (Å²) in [6, 6.07) is 34.7. The highest BCUT2D eigenvalue weighted by atomic mass is 16.8. The van der Waals surface area contributed by atoms with Crippen LogP contribution in [-0.4, -0.2) is 86.9 Å². The summed E-state index contributed by atoms with van der Waals surface area (Å²) in [7, 11) is 0. The molecule has 2 aliphatic rings. The lowest BCUT2D eigenvalue weighted by atomic mass is 10.1. The zero-order valence-corrected chi connectivity index (χ0v) is 43.3. The van der Waals surface area contributed by atoms with Crippen LogP contribution in [0, 0.1) is 0 Å². The first-order valence-corrected chi connectivity index (χ1v) is 26.6. The Morgan fingerprint density at radius 1 is 0.587 bits per heavy atom. The molecule has 5 aromatic rings. The molecule has 0 bridgehead atoms. The molecular weight excluding hydrogens is 961 g/mol. The Labute approximate surface area is 440 Å². The summed E-state index contributed by atoms with van der Waals surface area (Å²) in [4.78, 5) is 59.4. The molecule has 408 valence electrons. The van der Waals surface area contributed by atoms with Gasteiger partial charge in [-0.15, -0.1) is 0 Å². The quantitative estimate of drug-likeness (QED) is 0.0184. The number of hydrogen-bond acceptors (Lipinski definition) is 15. The molecule has 2 aliphatic heterocycles. The van der Waals surface area contributed by atoms with Gasteiger partial charge < -0.3 is 39.6 Å². The molecular formula is C57H78N6O12. The van der Waals surface area contributed by atoms with Crippen LogP contribution in [0.5, 0.6) is 0 Å². The summed E-state index contributed by atoms with van der Waals surface area (Å²) < 4.78 is 29.6. The number of carbonyl (C=O) groups is 2. The molecule has 0 amide bonds. The van der Waals surface area contributed by atoms with E-state index in [-0.39, 0.29) is 38.2 Å². The number of benzene rings is 3. The lowest BCUT2D eigenvalue weighted by molar-refractivity contribution is -0.159. The fraction of sp³-hybridized carbons (Fsp3) is 0.509. The molecule has 0 unspecified atom stereocenters. The fourth-order valence-electron chi connectivity index (χ4n) is 8.29. The van der Waals surface area contributed by atoms with Gasteiger partial charge in [0, 0.05) is 25.2 Å². The minimum absolute atomic E-state index is 0.00487. The Morgan fingerprint density at radius 3 is 1.53 bits per heavy atom. The number of nitrogens with zero attached hydrogens (tertiary/aromatic N) is 4. The minimum Gasteiger partial charge on any atom is -0.481 e. The zero-order chi connectivity index (χ0) is 53.1. The first-order chi connectivity index (χ1) is 36.7. The first kappa shape index (κ1) is 59.6. The predicted octanol–water partition coefficient (Wildman–Crippen LogP) is 9.12. The molecule has 4 atom stereocenters. The summed E-state index contributed by atoms with van der Waals surface area (Å²) in [6.45, 7) is 0.666. The van der Waals surface area contributed by atoms with E-state index in [0.29, 0.717) is 25.3 Å². The van der Waals surface area contributed by atoms with Crippen LogP contribution in [0.15, 0.2) is 125 Å². The Bertz CT molecular complexity index is 2450. The Morgan fingerprint density at radius 2 is 1.04 bits per heavy atom. The predicted molar refractivity (Wildman–Crippen MR) is 285 cm³/mol. The van der Waals surface area contributed by atoms with E-state index in [2.05, 4.69) is 88.2 Å². The molecule has 2 saturated heterocycles. The van der Waals surface area contributed by atoms with Gasteiger partial charge in [-0.05, 0) is 86.6 Å². The number of carboxylic acid groups (broad SMARTS) is 1. The summed E-state index contributed by atoms with van der Waals surface area (Å²) in [5.41, 5.74) is 11.3. The van der Waals surface area contributed by atoms with Crippen molar-refractivity contribution < 1.29 is 48.3 Å². The van der Waals surface area contributed by atoms with Crippen molar-refractivity contribution in [2.45, 2.75) is 153 Å². The number of hydrogen-bond donors (Lipinski definition) is 4. The van der Waals surface area contributed by atoms with Crippen molar-refractivity contribution in [3.63, 3.8) is 0 Å². The number of aliphatic hydroxyl groups is 1. The van der Waals surface area contributed by atoms with Gasteiger partial charge in [-0.25, -0.2) is 15.1 Å². The average Bonchev–Trinajstić information content (AvgIpc) is 4.11. The van der Waals surface area contributed by atoms with Gasteiger partial charge in [-0.3, -0.25) is 23.6 Å². The molecule has 5 N–H and O–H groups in total. The number of aromatic nitrogens is 4. The SMILES string of the molecule is Nc1ccn([C@@H]2CO[C@H](CO)O2)c(=O)n1.O=C(CCCCCCCc1ccccc1)OC[C@H]1OC[C@@H](n2ccc(NOCCCCCCCc3ccccc3)nc2=O)O1.O=C(O)CCCCCCCc1ccccc1. The van der Waals surface area contributed by atoms with E-state index >= 15 is 0 Å². The van der Waals surface area contributed by atoms with Crippen molar-refractivity contribution in [1.82, 2.24) is 19.1 Å². The third-order valence-corrected chi connectivity index (χ3v) is 12.4. The molecule has 0 spiro atoms. The molecule has 0 saturated carbocycles. The van der Waals surface area contributed by atoms with E-state index in [9.17, 15) is 19.2 Å². The number of nitrogens with two attached hydrogens (primary N) is 1. The smallest absolute Gasteiger partial charge is 0.351 e. The maximum absolute atomic E-state index is 12.6. The van der Waals surface area contributed by atoms with Gasteiger partial charge >= 0.3 is 23.3 Å². The highest BCUT2D eigenvalue weighted by Gasteiger charge is 2.30. The van der Waals surface area contributed by atoms with Crippen molar-refractivity contribution in [2.24, 2.45) is 0 Å². The van der Waals surface area contributed by atoms with E-state index in [1.807, 2.05) is 18.2 Å². The number of esters is 1. The number of nitrogen functional groups attached to an aromatic ring is 1. The maximum atomic E-state index is 12.6. The summed E-state index contributed by atoms with van der Waals surface area (Å²) in [6.07, 6.45) is 20.8. The maximum Gasteiger partial charge on any atom is 0.351 e. The molecule has 3 aromatic carbocycles. The van der Waals surface area contributed by atoms with Crippen LogP contribution < -0.4 is 22.6 Å². The number of ether oxygens (including phenoxy) is 5. The lowest BCUT2D eigenvalue weighted by Gasteiger charge is -2.14. The second kappa shape index (κ2) is 35.8. The topological polar surface area (TPSA) is 238 Å². The van der Waals surface area contributed by atoms with Gasteiger partial charge in [0.15, 0.2) is 30.9 Å². The lowest BCUT2D eigenvalue weighted by Crippen LogP contribution is -2.29. The second-order valence-corrected chi connectivity index (χ2v) is 18.5. The van der Waals surface area contributed by atoms with Crippen LogP contribution >= 0.6 is 0 Å². The largest absolute Gasteiger partial charge is 0.481 e. The number of aliphatic hydroxyl groups excluding tert-OH is 1. The van der Waals surface area contributed by atoms with E-state index in [0.717, 1.165) is 83.5 Å². The Kier molecular flexibility index (Phi) is 28.5. The standard InChI is InChI=1S/C35H47N3O6.C14H20O2.C8H11N3O4/c39-33(23-15-5-1-3-9-17-29-19-11-7-12-20-29)41-28-34-42-27-32(44-34)38-25-24-31(36-35(38)40)37-43-26-16-6-2-4-10-18-30-21-13-8-14-22-30;15-14(16)12-8-3-1-2-5-9-13-10-6-4-7-11-13;9-5-1-2-11(8(13)10-5)6-4-14-7(3-12)15-6/h7-8,11-14,19-22,24-25,32,34H,1-6,9-10,15-18,23,26-28H2,(H,36,37,40);4,6-7,10-11H,1-3,5,8-9,12H2,(H,15,16);1-2,6-7,12H,3-4H2,(H2,9,10,13)/t32-,34-;;6-,7-/m0.0/s1. The molecule has 2 aromatic heterocycles. The normalized spacial score (nSPS) is 16.8. The fourth-order valence-corrected chi connectivity index (χ4v) is 8.29. The average molecular weight is 1040 g/mol.